The summed E-state index contributed by atoms with van der Waals surface area (Å²) in [5.74, 6) is 0.618. The number of carbonyl (C=O) groups is 1. The van der Waals surface area contributed by atoms with Crippen molar-refractivity contribution in [3.8, 4) is 11.5 Å². The van der Waals surface area contributed by atoms with Crippen LogP contribution in [0.15, 0.2) is 41.5 Å². The minimum Gasteiger partial charge on any atom is -0.454 e. The Morgan fingerprint density at radius 2 is 1.92 bits per heavy atom. The monoisotopic (exact) mass is 361 g/mol. The molecule has 0 unspecified atom stereocenters. The summed E-state index contributed by atoms with van der Waals surface area (Å²) in [5, 5.41) is 14.9. The summed E-state index contributed by atoms with van der Waals surface area (Å²) >= 11 is 5.78. The molecule has 0 spiro atoms. The summed E-state index contributed by atoms with van der Waals surface area (Å²) in [6, 6.07) is 9.06. The number of fused-ring (bicyclic) bond motifs is 1. The molecule has 0 aliphatic carbocycles. The van der Waals surface area contributed by atoms with Gasteiger partial charge < -0.3 is 9.47 Å². The highest BCUT2D eigenvalue weighted by Crippen LogP contribution is 2.32. The van der Waals surface area contributed by atoms with Gasteiger partial charge in [0.05, 0.1) is 10.6 Å². The summed E-state index contributed by atoms with van der Waals surface area (Å²) in [4.78, 5) is 22.5. The van der Waals surface area contributed by atoms with Crippen molar-refractivity contribution >= 4 is 28.9 Å². The molecular formula is C16H12ClN3O5. The molecule has 25 heavy (non-hydrogen) atoms. The van der Waals surface area contributed by atoms with Crippen LogP contribution in [-0.2, 0) is 0 Å². The Balaban J connectivity index is 1.76. The Morgan fingerprint density at radius 3 is 2.68 bits per heavy atom. The lowest BCUT2D eigenvalue weighted by molar-refractivity contribution is -0.384. The average molecular weight is 362 g/mol. The number of carbonyl (C=O) groups excluding carboxylic acids is 1. The fourth-order valence-electron chi connectivity index (χ4n) is 2.18. The number of hydrazone groups is 1. The van der Waals surface area contributed by atoms with Crippen LogP contribution in [0, 0.1) is 10.1 Å². The molecule has 1 N–H and O–H groups in total. The van der Waals surface area contributed by atoms with E-state index in [1.165, 1.54) is 12.1 Å². The van der Waals surface area contributed by atoms with E-state index >= 15 is 0 Å². The second-order valence-corrected chi connectivity index (χ2v) is 5.54. The fourth-order valence-corrected chi connectivity index (χ4v) is 2.37. The first-order chi connectivity index (χ1) is 12.0. The van der Waals surface area contributed by atoms with Crippen molar-refractivity contribution in [3.63, 3.8) is 0 Å². The molecule has 1 aliphatic heterocycles. The van der Waals surface area contributed by atoms with E-state index in [1.54, 1.807) is 31.2 Å². The van der Waals surface area contributed by atoms with Crippen molar-refractivity contribution in [2.24, 2.45) is 5.10 Å². The first kappa shape index (κ1) is 16.7. The lowest BCUT2D eigenvalue weighted by atomic mass is 10.1. The Hall–Kier alpha value is -3.13. The van der Waals surface area contributed by atoms with Crippen LogP contribution in [-0.4, -0.2) is 23.3 Å². The van der Waals surface area contributed by atoms with E-state index in [1.807, 2.05) is 0 Å². The Bertz CT molecular complexity index is 897. The zero-order valence-corrected chi connectivity index (χ0v) is 13.7. The summed E-state index contributed by atoms with van der Waals surface area (Å²) in [7, 11) is 0. The van der Waals surface area contributed by atoms with E-state index in [4.69, 9.17) is 21.1 Å². The van der Waals surface area contributed by atoms with E-state index in [2.05, 4.69) is 10.5 Å². The fraction of sp³-hybridized carbons (Fsp3) is 0.125. The third-order valence-corrected chi connectivity index (χ3v) is 3.84. The molecule has 0 atom stereocenters. The highest BCUT2D eigenvalue weighted by molar-refractivity contribution is 6.32. The number of nitro benzene ring substituents is 1. The van der Waals surface area contributed by atoms with Gasteiger partial charge in [0.1, 0.15) is 5.02 Å². The van der Waals surface area contributed by atoms with Crippen LogP contribution in [0.2, 0.25) is 5.02 Å². The average Bonchev–Trinajstić information content (AvgIpc) is 3.07. The molecule has 0 bridgehead atoms. The van der Waals surface area contributed by atoms with Crippen molar-refractivity contribution in [2.75, 3.05) is 6.79 Å². The topological polar surface area (TPSA) is 103 Å². The molecule has 9 heteroatoms. The third kappa shape index (κ3) is 3.53. The Morgan fingerprint density at radius 1 is 1.20 bits per heavy atom. The third-order valence-electron chi connectivity index (χ3n) is 3.52. The first-order valence-electron chi connectivity index (χ1n) is 7.14. The first-order valence-corrected chi connectivity index (χ1v) is 7.52. The van der Waals surface area contributed by atoms with Crippen LogP contribution < -0.4 is 14.9 Å². The molecule has 2 aromatic carbocycles. The minimum absolute atomic E-state index is 0.0333. The Labute approximate surface area is 147 Å². The molecule has 0 aromatic heterocycles. The summed E-state index contributed by atoms with van der Waals surface area (Å²) in [5.41, 5.74) is 3.40. The van der Waals surface area contributed by atoms with E-state index in [0.29, 0.717) is 28.3 Å². The number of ether oxygens (including phenoxy) is 2. The lowest BCUT2D eigenvalue weighted by Crippen LogP contribution is -2.19. The number of rotatable bonds is 4. The van der Waals surface area contributed by atoms with Gasteiger partial charge in [-0.1, -0.05) is 17.7 Å². The molecule has 2 aromatic rings. The molecule has 0 radical (unpaired) electrons. The van der Waals surface area contributed by atoms with Gasteiger partial charge in [0.2, 0.25) is 6.79 Å². The summed E-state index contributed by atoms with van der Waals surface area (Å²) in [6.45, 7) is 1.74. The highest BCUT2D eigenvalue weighted by atomic mass is 35.5. The number of hydrogen-bond donors (Lipinski definition) is 1. The van der Waals surface area contributed by atoms with Crippen molar-refractivity contribution in [3.05, 3.63) is 62.7 Å². The number of benzene rings is 2. The van der Waals surface area contributed by atoms with Gasteiger partial charge in [-0.05, 0) is 31.2 Å². The van der Waals surface area contributed by atoms with Gasteiger partial charge >= 0.3 is 0 Å². The van der Waals surface area contributed by atoms with Crippen molar-refractivity contribution < 1.29 is 19.2 Å². The molecule has 1 heterocycles. The molecule has 0 fully saturated rings. The summed E-state index contributed by atoms with van der Waals surface area (Å²) < 4.78 is 10.4. The van der Waals surface area contributed by atoms with Gasteiger partial charge in [0, 0.05) is 17.2 Å². The minimum atomic E-state index is -0.579. The lowest BCUT2D eigenvalue weighted by Gasteiger charge is -2.05. The highest BCUT2D eigenvalue weighted by Gasteiger charge is 2.17. The zero-order chi connectivity index (χ0) is 18.0. The van der Waals surface area contributed by atoms with Gasteiger partial charge in [0.25, 0.3) is 11.6 Å². The molecular weight excluding hydrogens is 350 g/mol. The van der Waals surface area contributed by atoms with E-state index in [9.17, 15) is 14.9 Å². The molecule has 1 amide bonds. The van der Waals surface area contributed by atoms with Crippen molar-refractivity contribution in [1.82, 2.24) is 5.43 Å². The standard InChI is InChI=1S/C16H12ClN3O5/c1-9(10-2-4-12(17)13(6-10)20(22)23)18-19-16(21)11-3-5-14-15(7-11)25-8-24-14/h2-7H,8H2,1H3,(H,19,21)/b18-9-. The maximum Gasteiger partial charge on any atom is 0.288 e. The van der Waals surface area contributed by atoms with Crippen LogP contribution in [0.25, 0.3) is 0 Å². The Kier molecular flexibility index (Phi) is 4.53. The van der Waals surface area contributed by atoms with Crippen molar-refractivity contribution in [2.45, 2.75) is 6.92 Å². The predicted molar refractivity (Wildman–Crippen MR) is 90.3 cm³/mol. The van der Waals surface area contributed by atoms with E-state index < -0.39 is 10.8 Å². The van der Waals surface area contributed by atoms with E-state index in [0.717, 1.165) is 0 Å². The van der Waals surface area contributed by atoms with Crippen LogP contribution in [0.3, 0.4) is 0 Å². The SMILES string of the molecule is C/C(=N/NC(=O)c1ccc2c(c1)OCO2)c1ccc(Cl)c([N+](=O)[O-])c1. The van der Waals surface area contributed by atoms with Gasteiger partial charge in [-0.25, -0.2) is 5.43 Å². The number of nitro groups is 1. The molecule has 0 saturated heterocycles. The smallest absolute Gasteiger partial charge is 0.288 e. The quantitative estimate of drug-likeness (QED) is 0.512. The maximum atomic E-state index is 12.2. The van der Waals surface area contributed by atoms with Gasteiger partial charge in [-0.15, -0.1) is 0 Å². The maximum absolute atomic E-state index is 12.2. The number of nitrogens with zero attached hydrogens (tertiary/aromatic N) is 2. The van der Waals surface area contributed by atoms with E-state index in [-0.39, 0.29) is 17.5 Å². The van der Waals surface area contributed by atoms with Gasteiger partial charge in [-0.2, -0.15) is 5.10 Å². The van der Waals surface area contributed by atoms with Crippen LogP contribution in [0.4, 0.5) is 5.69 Å². The van der Waals surface area contributed by atoms with Crippen LogP contribution >= 0.6 is 11.6 Å². The number of hydrogen-bond acceptors (Lipinski definition) is 6. The molecule has 8 nitrogen and oxygen atoms in total. The van der Waals surface area contributed by atoms with Crippen molar-refractivity contribution in [1.29, 1.82) is 0 Å². The van der Waals surface area contributed by atoms with Gasteiger partial charge in [-0.3, -0.25) is 14.9 Å². The normalized spacial score (nSPS) is 12.8. The van der Waals surface area contributed by atoms with Gasteiger partial charge in [0.15, 0.2) is 11.5 Å². The predicted octanol–water partition coefficient (Wildman–Crippen LogP) is 3.13. The number of amides is 1. The second kappa shape index (κ2) is 6.78. The second-order valence-electron chi connectivity index (χ2n) is 5.13. The molecule has 1 aliphatic rings. The number of nitrogens with one attached hydrogen (secondary N) is 1. The zero-order valence-electron chi connectivity index (χ0n) is 13.0. The molecule has 128 valence electrons. The number of halogens is 1. The summed E-state index contributed by atoms with van der Waals surface area (Å²) in [6.07, 6.45) is 0. The molecule has 0 saturated carbocycles. The van der Waals surface area contributed by atoms with Crippen LogP contribution in [0.1, 0.15) is 22.8 Å². The van der Waals surface area contributed by atoms with Crippen LogP contribution in [0.5, 0.6) is 11.5 Å². The molecule has 3 rings (SSSR count). The largest absolute Gasteiger partial charge is 0.454 e.